The summed E-state index contributed by atoms with van der Waals surface area (Å²) in [7, 11) is 0. The number of carbonyl (C=O) groups excluding carboxylic acids is 1. The second kappa shape index (κ2) is 6.42. The van der Waals surface area contributed by atoms with Crippen molar-refractivity contribution >= 4 is 40.5 Å². The lowest BCUT2D eigenvalue weighted by molar-refractivity contribution is 0.252. The maximum Gasteiger partial charge on any atom is 0.319 e. The Morgan fingerprint density at radius 1 is 1.53 bits per heavy atom. The Labute approximate surface area is 111 Å². The second-order valence-corrected chi connectivity index (χ2v) is 4.31. The minimum Gasteiger partial charge on any atom is -0.389 e. The number of urea groups is 1. The lowest BCUT2D eigenvalue weighted by Crippen LogP contribution is -2.30. The van der Waals surface area contributed by atoms with E-state index in [2.05, 4.69) is 10.6 Å². The number of hydrogen-bond donors (Lipinski definition) is 3. The maximum atomic E-state index is 11.5. The highest BCUT2D eigenvalue weighted by Crippen LogP contribution is 2.20. The quantitative estimate of drug-likeness (QED) is 0.737. The number of rotatable bonds is 4. The minimum atomic E-state index is -0.299. The van der Waals surface area contributed by atoms with E-state index in [0.717, 1.165) is 6.42 Å². The second-order valence-electron chi connectivity index (χ2n) is 3.44. The zero-order chi connectivity index (χ0) is 12.8. The molecule has 0 aliphatic heterocycles. The summed E-state index contributed by atoms with van der Waals surface area (Å²) in [6, 6.07) is 4.67. The summed E-state index contributed by atoms with van der Waals surface area (Å²) in [6.45, 7) is 2.58. The van der Waals surface area contributed by atoms with Crippen molar-refractivity contribution in [1.29, 1.82) is 0 Å². The van der Waals surface area contributed by atoms with E-state index in [9.17, 15) is 4.79 Å². The third-order valence-electron chi connectivity index (χ3n) is 2.03. The van der Waals surface area contributed by atoms with E-state index >= 15 is 0 Å². The van der Waals surface area contributed by atoms with Crippen molar-refractivity contribution in [3.05, 3.63) is 28.8 Å². The third-order valence-corrected chi connectivity index (χ3v) is 2.49. The monoisotopic (exact) mass is 271 g/mol. The number of anilines is 1. The molecule has 17 heavy (non-hydrogen) atoms. The summed E-state index contributed by atoms with van der Waals surface area (Å²) in [5.74, 6) is 0. The zero-order valence-corrected chi connectivity index (χ0v) is 11.0. The number of carbonyl (C=O) groups is 1. The molecule has 0 unspecified atom stereocenters. The average molecular weight is 272 g/mol. The molecule has 0 saturated carbocycles. The molecule has 0 atom stereocenters. The topological polar surface area (TPSA) is 67.2 Å². The van der Waals surface area contributed by atoms with Crippen LogP contribution < -0.4 is 16.4 Å². The number of nitrogens with two attached hydrogens (primary N) is 1. The van der Waals surface area contributed by atoms with Crippen LogP contribution in [-0.2, 0) is 0 Å². The van der Waals surface area contributed by atoms with E-state index in [1.807, 2.05) is 6.92 Å². The predicted molar refractivity (Wildman–Crippen MR) is 74.7 cm³/mol. The first-order valence-corrected chi connectivity index (χ1v) is 5.97. The normalized spacial score (nSPS) is 9.76. The molecular formula is C11H14ClN3OS. The van der Waals surface area contributed by atoms with Gasteiger partial charge in [0.2, 0.25) is 0 Å². The van der Waals surface area contributed by atoms with Gasteiger partial charge < -0.3 is 16.4 Å². The van der Waals surface area contributed by atoms with Gasteiger partial charge in [-0.3, -0.25) is 0 Å². The third kappa shape index (κ3) is 4.20. The molecular weight excluding hydrogens is 258 g/mol. The van der Waals surface area contributed by atoms with Crippen molar-refractivity contribution in [2.24, 2.45) is 5.73 Å². The molecule has 0 aliphatic carbocycles. The first kappa shape index (κ1) is 13.7. The lowest BCUT2D eigenvalue weighted by atomic mass is 10.2. The summed E-state index contributed by atoms with van der Waals surface area (Å²) in [4.78, 5) is 11.7. The minimum absolute atomic E-state index is 0.215. The van der Waals surface area contributed by atoms with Crippen LogP contribution in [0, 0.1) is 0 Å². The van der Waals surface area contributed by atoms with Crippen LogP contribution in [0.5, 0.6) is 0 Å². The molecule has 0 saturated heterocycles. The molecule has 1 rings (SSSR count). The van der Waals surface area contributed by atoms with Crippen molar-refractivity contribution in [3.63, 3.8) is 0 Å². The number of thiocarbonyl (C=S) groups is 1. The Hall–Kier alpha value is -1.33. The summed E-state index contributed by atoms with van der Waals surface area (Å²) >= 11 is 10.7. The standard InChI is InChI=1S/C11H14ClN3OS/c1-2-5-14-11(16)15-9-6-7(12)3-4-8(9)10(13)17/h3-4,6H,2,5H2,1H3,(H2,13,17)(H2,14,15,16). The summed E-state index contributed by atoms with van der Waals surface area (Å²) in [5.41, 5.74) is 6.66. The zero-order valence-electron chi connectivity index (χ0n) is 9.42. The molecule has 4 N–H and O–H groups in total. The van der Waals surface area contributed by atoms with Gasteiger partial charge in [-0.1, -0.05) is 30.7 Å². The van der Waals surface area contributed by atoms with Crippen LogP contribution in [0.4, 0.5) is 10.5 Å². The van der Waals surface area contributed by atoms with Crippen molar-refractivity contribution in [2.75, 3.05) is 11.9 Å². The van der Waals surface area contributed by atoms with Gasteiger partial charge in [0.05, 0.1) is 5.69 Å². The summed E-state index contributed by atoms with van der Waals surface area (Å²) in [5, 5.41) is 5.86. The maximum absolute atomic E-state index is 11.5. The van der Waals surface area contributed by atoms with Crippen LogP contribution in [0.2, 0.25) is 5.02 Å². The van der Waals surface area contributed by atoms with E-state index < -0.39 is 0 Å². The average Bonchev–Trinajstić information content (AvgIpc) is 2.26. The Kier molecular flexibility index (Phi) is 5.18. The van der Waals surface area contributed by atoms with Crippen LogP contribution >= 0.6 is 23.8 Å². The fourth-order valence-corrected chi connectivity index (χ4v) is 1.59. The van der Waals surface area contributed by atoms with E-state index in [1.54, 1.807) is 18.2 Å². The van der Waals surface area contributed by atoms with Gasteiger partial charge in [-0.2, -0.15) is 0 Å². The number of hydrogen-bond acceptors (Lipinski definition) is 2. The van der Waals surface area contributed by atoms with Gasteiger partial charge >= 0.3 is 6.03 Å². The van der Waals surface area contributed by atoms with Crippen LogP contribution in [-0.4, -0.2) is 17.6 Å². The van der Waals surface area contributed by atoms with Crippen molar-refractivity contribution in [3.8, 4) is 0 Å². The smallest absolute Gasteiger partial charge is 0.319 e. The fourth-order valence-electron chi connectivity index (χ4n) is 1.24. The van der Waals surface area contributed by atoms with Gasteiger partial charge in [-0.25, -0.2) is 4.79 Å². The summed E-state index contributed by atoms with van der Waals surface area (Å²) < 4.78 is 0. The molecule has 6 heteroatoms. The van der Waals surface area contributed by atoms with Gasteiger partial charge in [0.1, 0.15) is 4.99 Å². The van der Waals surface area contributed by atoms with Gasteiger partial charge in [0, 0.05) is 17.1 Å². The molecule has 0 radical (unpaired) electrons. The molecule has 92 valence electrons. The molecule has 1 aromatic carbocycles. The SMILES string of the molecule is CCCNC(=O)Nc1cc(Cl)ccc1C(N)=S. The van der Waals surface area contributed by atoms with E-state index in [-0.39, 0.29) is 11.0 Å². The van der Waals surface area contributed by atoms with E-state index in [0.29, 0.717) is 22.8 Å². The van der Waals surface area contributed by atoms with E-state index in [4.69, 9.17) is 29.6 Å². The predicted octanol–water partition coefficient (Wildman–Crippen LogP) is 2.51. The molecule has 0 aromatic heterocycles. The highest BCUT2D eigenvalue weighted by Gasteiger charge is 2.08. The van der Waals surface area contributed by atoms with Crippen LogP contribution in [0.1, 0.15) is 18.9 Å². The molecule has 0 spiro atoms. The number of halogens is 1. The molecule has 0 bridgehead atoms. The molecule has 0 heterocycles. The number of amides is 2. The lowest BCUT2D eigenvalue weighted by Gasteiger charge is -2.11. The van der Waals surface area contributed by atoms with Gasteiger partial charge in [0.25, 0.3) is 0 Å². The first-order chi connectivity index (χ1) is 8.04. The van der Waals surface area contributed by atoms with Crippen LogP contribution in [0.15, 0.2) is 18.2 Å². The molecule has 2 amide bonds. The largest absolute Gasteiger partial charge is 0.389 e. The summed E-state index contributed by atoms with van der Waals surface area (Å²) in [6.07, 6.45) is 0.866. The van der Waals surface area contributed by atoms with Crippen LogP contribution in [0.25, 0.3) is 0 Å². The molecule has 0 fully saturated rings. The highest BCUT2D eigenvalue weighted by molar-refractivity contribution is 7.80. The van der Waals surface area contributed by atoms with E-state index in [1.165, 1.54) is 0 Å². The highest BCUT2D eigenvalue weighted by atomic mass is 35.5. The fraction of sp³-hybridized carbons (Fsp3) is 0.273. The van der Waals surface area contributed by atoms with Crippen molar-refractivity contribution in [2.45, 2.75) is 13.3 Å². The van der Waals surface area contributed by atoms with Gasteiger partial charge in [0.15, 0.2) is 0 Å². The van der Waals surface area contributed by atoms with Crippen molar-refractivity contribution in [1.82, 2.24) is 5.32 Å². The molecule has 0 aliphatic rings. The Morgan fingerprint density at radius 2 is 2.24 bits per heavy atom. The van der Waals surface area contributed by atoms with Crippen molar-refractivity contribution < 1.29 is 4.79 Å². The first-order valence-electron chi connectivity index (χ1n) is 5.18. The Bertz CT molecular complexity index is 437. The van der Waals surface area contributed by atoms with Gasteiger partial charge in [-0.05, 0) is 24.6 Å². The van der Waals surface area contributed by atoms with Gasteiger partial charge in [-0.15, -0.1) is 0 Å². The molecule has 4 nitrogen and oxygen atoms in total. The Morgan fingerprint density at radius 3 is 2.82 bits per heavy atom. The molecule has 1 aromatic rings. The number of nitrogens with one attached hydrogen (secondary N) is 2. The number of benzene rings is 1. The Balaban J connectivity index is 2.85. The van der Waals surface area contributed by atoms with Crippen LogP contribution in [0.3, 0.4) is 0 Å².